The van der Waals surface area contributed by atoms with E-state index in [0.29, 0.717) is 24.1 Å². The number of carboxylic acids is 1. The van der Waals surface area contributed by atoms with Gasteiger partial charge in [-0.15, -0.1) is 0 Å². The van der Waals surface area contributed by atoms with Crippen LogP contribution in [0.1, 0.15) is 84.0 Å². The number of ether oxygens (including phenoxy) is 1. The lowest BCUT2D eigenvalue weighted by Crippen LogP contribution is -2.52. The van der Waals surface area contributed by atoms with Gasteiger partial charge >= 0.3 is 5.97 Å². The number of likely N-dealkylation sites (tertiary alicyclic amines) is 1. The summed E-state index contributed by atoms with van der Waals surface area (Å²) in [5, 5.41) is 9.88. The number of carbonyl (C=O) groups excluding carboxylic acids is 1. The Kier molecular flexibility index (Phi) is 13.3. The number of halogens is 2. The van der Waals surface area contributed by atoms with Crippen LogP contribution in [0.15, 0.2) is 35.3 Å². The summed E-state index contributed by atoms with van der Waals surface area (Å²) in [5.41, 5.74) is 5.27. The molecule has 2 atom stereocenters. The van der Waals surface area contributed by atoms with Crippen LogP contribution in [-0.4, -0.2) is 59.2 Å². The Morgan fingerprint density at radius 3 is 2.15 bits per heavy atom. The number of nitrogens with zero attached hydrogens (tertiary/aromatic N) is 2. The molecule has 0 bridgehead atoms. The van der Waals surface area contributed by atoms with E-state index >= 15 is 8.78 Å². The van der Waals surface area contributed by atoms with Crippen molar-refractivity contribution in [2.45, 2.75) is 92.2 Å². The fourth-order valence-corrected chi connectivity index (χ4v) is 6.96. The minimum atomic E-state index is -1.17. The van der Waals surface area contributed by atoms with E-state index in [4.69, 9.17) is 4.74 Å². The van der Waals surface area contributed by atoms with Crippen molar-refractivity contribution in [2.75, 3.05) is 26.7 Å². The largest absolute Gasteiger partial charge is 0.481 e. The molecular weight excluding hydrogens is 634 g/mol. The maximum Gasteiger partial charge on any atom is 0.303 e. The van der Waals surface area contributed by atoms with E-state index in [1.807, 2.05) is 46.8 Å². The number of Topliss-reactive ketones (excluding diaryl/α,β-unsaturated/α-hetero) is 1. The second kappa shape index (κ2) is 16.4. The second-order valence-corrected chi connectivity index (χ2v) is 13.8. The third kappa shape index (κ3) is 8.81. The van der Waals surface area contributed by atoms with Crippen molar-refractivity contribution in [3.8, 4) is 11.1 Å². The molecule has 3 aromatic rings. The van der Waals surface area contributed by atoms with Crippen LogP contribution in [0.25, 0.3) is 11.1 Å². The maximum atomic E-state index is 15.9. The minimum absolute atomic E-state index is 0. The molecule has 262 valence electrons. The normalized spacial score (nSPS) is 14.8. The van der Waals surface area contributed by atoms with Gasteiger partial charge in [-0.1, -0.05) is 31.5 Å². The van der Waals surface area contributed by atoms with Gasteiger partial charge in [-0.3, -0.25) is 19.3 Å². The number of carbonyl (C=O) groups is 2. The molecule has 4 rings (SSSR count). The first kappa shape index (κ1) is 39.1. The Hall–Kier alpha value is -3.34. The molecule has 1 aliphatic heterocycles. The molecule has 48 heavy (non-hydrogen) atoms. The number of aliphatic carboxylic acids is 1. The quantitative estimate of drug-likeness (QED) is 0.195. The average Bonchev–Trinajstić information content (AvgIpc) is 2.95. The van der Waals surface area contributed by atoms with Crippen LogP contribution >= 0.6 is 13.5 Å². The standard InChI is InChI=1S/C38H48F2N2O5.H2S/c1-21(2)11-32(42-18-27(26(7)37(40)38(42)46)9-10-41-19-30(20-41)47-8)33(43)16-28(17-34(44)45)31-15-29(14-25(6)36(31)39)35-23(4)12-22(3)13-24(35)5;/h12-15,18,21,28,30,32H,9-11,16-17,19-20H2,1-8H3,(H,44,45);1H2/t28-,32?;/m0./s1. The highest BCUT2D eigenvalue weighted by Crippen LogP contribution is 2.37. The zero-order valence-electron chi connectivity index (χ0n) is 29.4. The first-order chi connectivity index (χ1) is 22.1. The number of hydrogen-bond acceptors (Lipinski definition) is 5. The number of benzene rings is 2. The Labute approximate surface area is 289 Å². The van der Waals surface area contributed by atoms with E-state index < -0.39 is 47.3 Å². The Bertz CT molecular complexity index is 1690. The predicted molar refractivity (Wildman–Crippen MR) is 191 cm³/mol. The molecule has 0 aliphatic carbocycles. The van der Waals surface area contributed by atoms with Gasteiger partial charge in [0.25, 0.3) is 5.56 Å². The summed E-state index contributed by atoms with van der Waals surface area (Å²) in [5.74, 6) is -4.10. The Morgan fingerprint density at radius 1 is 0.958 bits per heavy atom. The number of hydrogen-bond donors (Lipinski definition) is 1. The van der Waals surface area contributed by atoms with Gasteiger partial charge in [-0.2, -0.15) is 13.5 Å². The lowest BCUT2D eigenvalue weighted by molar-refractivity contribution is -0.137. The monoisotopic (exact) mass is 684 g/mol. The number of ketones is 1. The molecule has 1 aliphatic rings. The number of aryl methyl sites for hydroxylation is 4. The second-order valence-electron chi connectivity index (χ2n) is 13.8. The highest BCUT2D eigenvalue weighted by atomic mass is 32.1. The molecule has 2 heterocycles. The smallest absolute Gasteiger partial charge is 0.303 e. The van der Waals surface area contributed by atoms with Crippen molar-refractivity contribution < 1.29 is 28.2 Å². The van der Waals surface area contributed by atoms with Gasteiger partial charge in [0.1, 0.15) is 5.82 Å². The summed E-state index contributed by atoms with van der Waals surface area (Å²) >= 11 is 0. The van der Waals surface area contributed by atoms with Crippen LogP contribution < -0.4 is 5.56 Å². The number of aromatic nitrogens is 1. The first-order valence-corrected chi connectivity index (χ1v) is 16.4. The molecule has 0 saturated carbocycles. The van der Waals surface area contributed by atoms with Crippen LogP contribution in [0.4, 0.5) is 8.78 Å². The molecule has 7 nitrogen and oxygen atoms in total. The van der Waals surface area contributed by atoms with E-state index in [1.54, 1.807) is 39.3 Å². The van der Waals surface area contributed by atoms with E-state index in [1.165, 1.54) is 4.57 Å². The van der Waals surface area contributed by atoms with Crippen molar-refractivity contribution in [1.29, 1.82) is 0 Å². The molecule has 10 heteroatoms. The van der Waals surface area contributed by atoms with Crippen LogP contribution in [0.5, 0.6) is 0 Å². The van der Waals surface area contributed by atoms with Crippen molar-refractivity contribution in [2.24, 2.45) is 5.92 Å². The third-order valence-corrected chi connectivity index (χ3v) is 9.44. The van der Waals surface area contributed by atoms with Crippen molar-refractivity contribution >= 4 is 25.2 Å². The first-order valence-electron chi connectivity index (χ1n) is 16.4. The zero-order valence-corrected chi connectivity index (χ0v) is 30.4. The van der Waals surface area contributed by atoms with Crippen molar-refractivity contribution in [1.82, 2.24) is 9.47 Å². The van der Waals surface area contributed by atoms with Crippen LogP contribution in [-0.2, 0) is 20.7 Å². The lowest BCUT2D eigenvalue weighted by atomic mass is 9.83. The lowest BCUT2D eigenvalue weighted by Gasteiger charge is -2.38. The SMILES string of the molecule is COC1CN(CCc2cn(C(CC(C)C)C(=O)C[C@@H](CC(=O)O)c3cc(-c4c(C)cc(C)cc4C)cc(C)c3F)c(=O)c(F)c2C)C1.S. The highest BCUT2D eigenvalue weighted by Gasteiger charge is 2.31. The molecule has 2 aromatic carbocycles. The molecule has 0 amide bonds. The number of pyridine rings is 1. The van der Waals surface area contributed by atoms with Gasteiger partial charge in [0.15, 0.2) is 11.6 Å². The molecule has 1 aromatic heterocycles. The Balaban J connectivity index is 0.00000625. The molecule has 1 fully saturated rings. The topological polar surface area (TPSA) is 88.8 Å². The van der Waals surface area contributed by atoms with Gasteiger partial charge in [0.05, 0.1) is 18.6 Å². The van der Waals surface area contributed by atoms with Crippen LogP contribution in [0.3, 0.4) is 0 Å². The highest BCUT2D eigenvalue weighted by molar-refractivity contribution is 7.59. The summed E-state index contributed by atoms with van der Waals surface area (Å²) in [4.78, 5) is 41.8. The molecule has 0 radical (unpaired) electrons. The van der Waals surface area contributed by atoms with Crippen LogP contribution in [0.2, 0.25) is 0 Å². The summed E-state index contributed by atoms with van der Waals surface area (Å²) < 4.78 is 37.8. The van der Waals surface area contributed by atoms with E-state index in [2.05, 4.69) is 4.90 Å². The molecule has 1 N–H and O–H groups in total. The number of carboxylic acid groups (broad SMARTS) is 1. The number of rotatable bonds is 14. The summed E-state index contributed by atoms with van der Waals surface area (Å²) in [6.07, 6.45) is 1.68. The molecule has 1 saturated heterocycles. The van der Waals surface area contributed by atoms with Gasteiger partial charge in [-0.25, -0.2) is 8.78 Å². The summed E-state index contributed by atoms with van der Waals surface area (Å²) in [7, 11) is 1.67. The fraction of sp³-hybridized carbons (Fsp3) is 0.500. The third-order valence-electron chi connectivity index (χ3n) is 9.44. The summed E-state index contributed by atoms with van der Waals surface area (Å²) in [6.45, 7) is 15.2. The van der Waals surface area contributed by atoms with E-state index in [9.17, 15) is 19.5 Å². The fourth-order valence-electron chi connectivity index (χ4n) is 6.96. The van der Waals surface area contributed by atoms with Gasteiger partial charge in [0, 0.05) is 45.3 Å². The Morgan fingerprint density at radius 2 is 1.58 bits per heavy atom. The number of methoxy groups -OCH3 is 1. The van der Waals surface area contributed by atoms with Gasteiger partial charge < -0.3 is 14.4 Å². The minimum Gasteiger partial charge on any atom is -0.481 e. The molecule has 0 spiro atoms. The maximum absolute atomic E-state index is 15.9. The van der Waals surface area contributed by atoms with Gasteiger partial charge in [0.2, 0.25) is 0 Å². The molecular formula is C38H50F2N2O5S. The summed E-state index contributed by atoms with van der Waals surface area (Å²) in [6, 6.07) is 6.45. The van der Waals surface area contributed by atoms with Crippen molar-refractivity contribution in [3.63, 3.8) is 0 Å². The van der Waals surface area contributed by atoms with E-state index in [0.717, 1.165) is 40.9 Å². The molecule has 1 unspecified atom stereocenters. The van der Waals surface area contributed by atoms with E-state index in [-0.39, 0.29) is 49.5 Å². The predicted octanol–water partition coefficient (Wildman–Crippen LogP) is 7.13. The van der Waals surface area contributed by atoms with Crippen LogP contribution in [0, 0.1) is 52.2 Å². The van der Waals surface area contributed by atoms with Crippen molar-refractivity contribution in [3.05, 3.63) is 91.4 Å². The van der Waals surface area contributed by atoms with Gasteiger partial charge in [-0.05, 0) is 110 Å². The average molecular weight is 685 g/mol. The zero-order chi connectivity index (χ0) is 34.7.